The number of halogens is 3. The maximum Gasteiger partial charge on any atom is 0.257 e. The maximum absolute atomic E-state index is 13.7. The minimum atomic E-state index is -0.760. The molecular formula is C15H13F3N2O. The van der Waals surface area contributed by atoms with Gasteiger partial charge in [0.25, 0.3) is 5.91 Å². The summed E-state index contributed by atoms with van der Waals surface area (Å²) in [6.45, 7) is 1.41. The molecule has 6 heteroatoms. The Morgan fingerprint density at radius 1 is 1.05 bits per heavy atom. The third kappa shape index (κ3) is 2.99. The monoisotopic (exact) mass is 294 g/mol. The Bertz CT molecular complexity index is 702. The summed E-state index contributed by atoms with van der Waals surface area (Å²) in [5, 5.41) is 4.80. The van der Waals surface area contributed by atoms with Gasteiger partial charge < -0.3 is 10.6 Å². The van der Waals surface area contributed by atoms with E-state index in [1.807, 2.05) is 0 Å². The zero-order chi connectivity index (χ0) is 15.6. The highest BCUT2D eigenvalue weighted by Crippen LogP contribution is 2.23. The Morgan fingerprint density at radius 3 is 2.43 bits per heavy atom. The van der Waals surface area contributed by atoms with E-state index in [4.69, 9.17) is 0 Å². The molecule has 3 nitrogen and oxygen atoms in total. The van der Waals surface area contributed by atoms with Crippen molar-refractivity contribution in [2.24, 2.45) is 0 Å². The van der Waals surface area contributed by atoms with Crippen LogP contribution in [0.25, 0.3) is 0 Å². The molecule has 0 aliphatic heterocycles. The second-order valence-corrected chi connectivity index (χ2v) is 4.45. The minimum absolute atomic E-state index is 0.00196. The molecule has 21 heavy (non-hydrogen) atoms. The second kappa shape index (κ2) is 5.87. The topological polar surface area (TPSA) is 41.1 Å². The number of para-hydroxylation sites is 1. The molecule has 0 aliphatic carbocycles. The number of hydrogen-bond donors (Lipinski definition) is 2. The first kappa shape index (κ1) is 14.9. The van der Waals surface area contributed by atoms with Gasteiger partial charge in [0.2, 0.25) is 0 Å². The van der Waals surface area contributed by atoms with E-state index in [0.717, 1.165) is 12.1 Å². The van der Waals surface area contributed by atoms with Gasteiger partial charge in [-0.15, -0.1) is 0 Å². The third-order valence-corrected chi connectivity index (χ3v) is 3.00. The molecule has 0 saturated carbocycles. The van der Waals surface area contributed by atoms with Gasteiger partial charge in [-0.3, -0.25) is 4.79 Å². The summed E-state index contributed by atoms with van der Waals surface area (Å²) in [6.07, 6.45) is 0. The van der Waals surface area contributed by atoms with Crippen LogP contribution in [0.3, 0.4) is 0 Å². The number of carbonyl (C=O) groups excluding carboxylic acids is 1. The highest BCUT2D eigenvalue weighted by Gasteiger charge is 2.16. The lowest BCUT2D eigenvalue weighted by Crippen LogP contribution is -2.16. The molecule has 0 unspecified atom stereocenters. The van der Waals surface area contributed by atoms with Crippen molar-refractivity contribution < 1.29 is 18.0 Å². The fourth-order valence-electron chi connectivity index (χ4n) is 1.90. The Balaban J connectivity index is 2.35. The van der Waals surface area contributed by atoms with Crippen molar-refractivity contribution >= 4 is 17.3 Å². The van der Waals surface area contributed by atoms with E-state index in [-0.39, 0.29) is 22.5 Å². The number of anilines is 2. The highest BCUT2D eigenvalue weighted by molar-refractivity contribution is 6.08. The van der Waals surface area contributed by atoms with Gasteiger partial charge in [0.15, 0.2) is 0 Å². The number of rotatable bonds is 3. The summed E-state index contributed by atoms with van der Waals surface area (Å²) >= 11 is 0. The number of hydrogen-bond acceptors (Lipinski definition) is 2. The fourth-order valence-corrected chi connectivity index (χ4v) is 1.90. The van der Waals surface area contributed by atoms with Crippen molar-refractivity contribution in [2.75, 3.05) is 17.7 Å². The molecule has 0 spiro atoms. The Hall–Kier alpha value is -2.50. The lowest BCUT2D eigenvalue weighted by atomic mass is 10.1. The second-order valence-electron chi connectivity index (χ2n) is 4.45. The molecule has 0 aliphatic rings. The van der Waals surface area contributed by atoms with E-state index in [1.165, 1.54) is 32.2 Å². The minimum Gasteiger partial charge on any atom is -0.385 e. The van der Waals surface area contributed by atoms with Crippen molar-refractivity contribution in [2.45, 2.75) is 6.92 Å². The van der Waals surface area contributed by atoms with Crippen molar-refractivity contribution in [1.82, 2.24) is 0 Å². The summed E-state index contributed by atoms with van der Waals surface area (Å²) in [4.78, 5) is 12.1. The van der Waals surface area contributed by atoms with Crippen LogP contribution >= 0.6 is 0 Å². The number of carbonyl (C=O) groups is 1. The van der Waals surface area contributed by atoms with Crippen molar-refractivity contribution in [3.63, 3.8) is 0 Å². The average molecular weight is 294 g/mol. The van der Waals surface area contributed by atoms with Crippen LogP contribution in [0, 0.1) is 24.4 Å². The first-order valence-corrected chi connectivity index (χ1v) is 6.17. The largest absolute Gasteiger partial charge is 0.385 e. The summed E-state index contributed by atoms with van der Waals surface area (Å²) in [5.41, 5.74) is -0.178. The summed E-state index contributed by atoms with van der Waals surface area (Å²) < 4.78 is 40.7. The molecule has 0 fully saturated rings. The zero-order valence-electron chi connectivity index (χ0n) is 11.4. The molecule has 0 aromatic heterocycles. The van der Waals surface area contributed by atoms with Gasteiger partial charge in [0, 0.05) is 13.1 Å². The normalized spacial score (nSPS) is 10.3. The predicted molar refractivity (Wildman–Crippen MR) is 75.0 cm³/mol. The van der Waals surface area contributed by atoms with Crippen LogP contribution in [0.5, 0.6) is 0 Å². The van der Waals surface area contributed by atoms with Crippen LogP contribution in [0.2, 0.25) is 0 Å². The number of amides is 1. The average Bonchev–Trinajstić information content (AvgIpc) is 2.44. The standard InChI is InChI=1S/C15H13F3N2O/c1-8-6-12(18)13(7-11(8)17)20-15(21)9-4-3-5-10(16)14(9)19-2/h3-7,19H,1-2H3,(H,20,21). The first-order valence-electron chi connectivity index (χ1n) is 6.17. The van der Waals surface area contributed by atoms with Crippen LogP contribution in [-0.2, 0) is 0 Å². The third-order valence-electron chi connectivity index (χ3n) is 3.00. The van der Waals surface area contributed by atoms with Crippen LogP contribution in [0.15, 0.2) is 30.3 Å². The lowest BCUT2D eigenvalue weighted by Gasteiger charge is -2.11. The van der Waals surface area contributed by atoms with Crippen LogP contribution in [0.1, 0.15) is 15.9 Å². The van der Waals surface area contributed by atoms with Crippen LogP contribution in [0.4, 0.5) is 24.5 Å². The summed E-state index contributed by atoms with van der Waals surface area (Å²) in [5.74, 6) is -2.74. The van der Waals surface area contributed by atoms with Gasteiger partial charge in [0.1, 0.15) is 17.5 Å². The van der Waals surface area contributed by atoms with E-state index in [0.29, 0.717) is 0 Å². The molecule has 0 heterocycles. The quantitative estimate of drug-likeness (QED) is 0.906. The van der Waals surface area contributed by atoms with Crippen LogP contribution < -0.4 is 10.6 Å². The van der Waals surface area contributed by atoms with Gasteiger partial charge in [-0.25, -0.2) is 13.2 Å². The lowest BCUT2D eigenvalue weighted by molar-refractivity contribution is 0.102. The molecule has 0 atom stereocenters. The number of aryl methyl sites for hydroxylation is 1. The number of benzene rings is 2. The molecule has 0 saturated heterocycles. The van der Waals surface area contributed by atoms with E-state index in [9.17, 15) is 18.0 Å². The van der Waals surface area contributed by atoms with E-state index < -0.39 is 23.4 Å². The molecule has 1 amide bonds. The SMILES string of the molecule is CNc1c(F)cccc1C(=O)Nc1cc(F)c(C)cc1F. The van der Waals surface area contributed by atoms with Crippen LogP contribution in [-0.4, -0.2) is 13.0 Å². The first-order chi connectivity index (χ1) is 9.93. The molecule has 2 rings (SSSR count). The molecule has 2 aromatic rings. The molecular weight excluding hydrogens is 281 g/mol. The van der Waals surface area contributed by atoms with E-state index in [1.54, 1.807) is 0 Å². The smallest absolute Gasteiger partial charge is 0.257 e. The van der Waals surface area contributed by atoms with E-state index >= 15 is 0 Å². The molecule has 0 bridgehead atoms. The predicted octanol–water partition coefficient (Wildman–Crippen LogP) is 3.71. The van der Waals surface area contributed by atoms with Gasteiger partial charge in [0.05, 0.1) is 16.9 Å². The van der Waals surface area contributed by atoms with E-state index in [2.05, 4.69) is 10.6 Å². The zero-order valence-corrected chi connectivity index (χ0v) is 11.4. The highest BCUT2D eigenvalue weighted by atomic mass is 19.1. The molecule has 2 aromatic carbocycles. The van der Waals surface area contributed by atoms with Crippen molar-refractivity contribution in [3.05, 3.63) is 58.9 Å². The Morgan fingerprint density at radius 2 is 1.76 bits per heavy atom. The summed E-state index contributed by atoms with van der Waals surface area (Å²) in [6, 6.07) is 5.80. The van der Waals surface area contributed by atoms with Gasteiger partial charge in [-0.1, -0.05) is 6.07 Å². The molecule has 2 N–H and O–H groups in total. The molecule has 110 valence electrons. The van der Waals surface area contributed by atoms with Gasteiger partial charge in [-0.05, 0) is 30.7 Å². The molecule has 0 radical (unpaired) electrons. The van der Waals surface area contributed by atoms with Gasteiger partial charge >= 0.3 is 0 Å². The number of nitrogens with one attached hydrogen (secondary N) is 2. The Kier molecular flexibility index (Phi) is 4.16. The maximum atomic E-state index is 13.7. The van der Waals surface area contributed by atoms with Gasteiger partial charge in [-0.2, -0.15) is 0 Å². The Labute approximate surface area is 119 Å². The fraction of sp³-hybridized carbons (Fsp3) is 0.133. The summed E-state index contributed by atoms with van der Waals surface area (Å²) in [7, 11) is 1.46. The van der Waals surface area contributed by atoms with Crippen molar-refractivity contribution in [3.8, 4) is 0 Å². The van der Waals surface area contributed by atoms with Crippen molar-refractivity contribution in [1.29, 1.82) is 0 Å².